The quantitative estimate of drug-likeness (QED) is 0.468. The molecule has 0 heterocycles. The average molecular weight is 501 g/mol. The number of hydrogen-bond acceptors (Lipinski definition) is 3. The van der Waals surface area contributed by atoms with Crippen molar-refractivity contribution in [3.05, 3.63) is 87.9 Å². The van der Waals surface area contributed by atoms with Crippen molar-refractivity contribution in [1.82, 2.24) is 0 Å². The lowest BCUT2D eigenvalue weighted by Crippen LogP contribution is -2.38. The van der Waals surface area contributed by atoms with Gasteiger partial charge in [0.15, 0.2) is 0 Å². The zero-order valence-electron chi connectivity index (χ0n) is 17.7. The molecule has 0 bridgehead atoms. The number of rotatable bonds is 7. The number of hydrogen-bond donors (Lipinski definition) is 1. The van der Waals surface area contributed by atoms with Crippen molar-refractivity contribution in [1.29, 1.82) is 0 Å². The highest BCUT2D eigenvalue weighted by Gasteiger charge is 2.27. The van der Waals surface area contributed by atoms with Crippen LogP contribution in [-0.4, -0.2) is 20.9 Å². The molecule has 162 valence electrons. The van der Waals surface area contributed by atoms with E-state index < -0.39 is 15.9 Å². The molecule has 1 amide bonds. The molecule has 0 aromatic heterocycles. The van der Waals surface area contributed by atoms with Crippen LogP contribution in [0, 0.1) is 13.8 Å². The molecule has 0 saturated heterocycles. The first-order chi connectivity index (χ1) is 14.7. The van der Waals surface area contributed by atoms with Gasteiger partial charge in [-0.25, -0.2) is 8.42 Å². The van der Waals surface area contributed by atoms with Crippen LogP contribution in [0.4, 0.5) is 11.4 Å². The molecule has 0 radical (unpaired) electrons. The molecule has 3 aromatic carbocycles. The van der Waals surface area contributed by atoms with E-state index in [9.17, 15) is 13.2 Å². The number of sulfonamides is 1. The third-order valence-electron chi connectivity index (χ3n) is 4.97. The van der Waals surface area contributed by atoms with E-state index in [4.69, 9.17) is 0 Å². The van der Waals surface area contributed by atoms with Crippen LogP contribution in [-0.2, 0) is 21.2 Å². The fraction of sp³-hybridized carbons (Fsp3) is 0.208. The van der Waals surface area contributed by atoms with Gasteiger partial charge in [-0.1, -0.05) is 52.7 Å². The van der Waals surface area contributed by atoms with E-state index in [1.807, 2.05) is 45.0 Å². The molecule has 0 aliphatic heterocycles. The van der Waals surface area contributed by atoms with Crippen LogP contribution < -0.4 is 9.62 Å². The molecular weight excluding hydrogens is 476 g/mol. The lowest BCUT2D eigenvalue weighted by molar-refractivity contribution is -0.114. The number of anilines is 2. The van der Waals surface area contributed by atoms with Crippen molar-refractivity contribution >= 4 is 43.2 Å². The Labute approximate surface area is 192 Å². The largest absolute Gasteiger partial charge is 0.325 e. The third-order valence-corrected chi connectivity index (χ3v) is 7.65. The maximum absolute atomic E-state index is 13.4. The molecule has 0 saturated carbocycles. The summed E-state index contributed by atoms with van der Waals surface area (Å²) >= 11 is 3.43. The smallest absolute Gasteiger partial charge is 0.264 e. The van der Waals surface area contributed by atoms with Crippen LogP contribution in [0.3, 0.4) is 0 Å². The first-order valence-corrected chi connectivity index (χ1v) is 12.2. The van der Waals surface area contributed by atoms with Gasteiger partial charge < -0.3 is 5.32 Å². The normalized spacial score (nSPS) is 11.2. The second kappa shape index (κ2) is 9.66. The molecular formula is C24H25BrN2O3S. The third kappa shape index (κ3) is 5.54. The summed E-state index contributed by atoms with van der Waals surface area (Å²) in [7, 11) is -3.93. The van der Waals surface area contributed by atoms with Crippen molar-refractivity contribution in [2.75, 3.05) is 16.2 Å². The zero-order chi connectivity index (χ0) is 22.6. The molecule has 3 rings (SSSR count). The zero-order valence-corrected chi connectivity index (χ0v) is 20.1. The molecule has 1 N–H and O–H groups in total. The van der Waals surface area contributed by atoms with Gasteiger partial charge in [0.05, 0.1) is 10.6 Å². The van der Waals surface area contributed by atoms with Gasteiger partial charge in [-0.3, -0.25) is 9.10 Å². The van der Waals surface area contributed by atoms with Crippen LogP contribution in [0.2, 0.25) is 0 Å². The number of halogens is 1. The maximum Gasteiger partial charge on any atom is 0.264 e. The van der Waals surface area contributed by atoms with Crippen molar-refractivity contribution in [2.45, 2.75) is 32.1 Å². The number of carbonyl (C=O) groups excluding carboxylic acids is 1. The molecule has 7 heteroatoms. The molecule has 0 atom stereocenters. The molecule has 3 aromatic rings. The molecule has 5 nitrogen and oxygen atoms in total. The minimum absolute atomic E-state index is 0.143. The molecule has 0 unspecified atom stereocenters. The molecule has 0 fully saturated rings. The van der Waals surface area contributed by atoms with Gasteiger partial charge in [-0.05, 0) is 73.9 Å². The predicted octanol–water partition coefficient (Wildman–Crippen LogP) is 5.46. The summed E-state index contributed by atoms with van der Waals surface area (Å²) in [6, 6.07) is 19.3. The lowest BCUT2D eigenvalue weighted by atomic mass is 10.1. The highest BCUT2D eigenvalue weighted by atomic mass is 79.9. The first kappa shape index (κ1) is 23.0. The molecule has 0 aliphatic rings. The van der Waals surface area contributed by atoms with Crippen LogP contribution in [0.25, 0.3) is 0 Å². The van der Waals surface area contributed by atoms with Crippen LogP contribution in [0.15, 0.2) is 76.1 Å². The minimum Gasteiger partial charge on any atom is -0.325 e. The molecule has 0 spiro atoms. The summed E-state index contributed by atoms with van der Waals surface area (Å²) < 4.78 is 28.9. The van der Waals surface area contributed by atoms with Gasteiger partial charge in [-0.15, -0.1) is 0 Å². The van der Waals surface area contributed by atoms with Crippen molar-refractivity contribution in [2.24, 2.45) is 0 Å². The number of carbonyl (C=O) groups is 1. The Kier molecular flexibility index (Phi) is 7.18. The number of nitrogens with one attached hydrogen (secondary N) is 1. The Morgan fingerprint density at radius 3 is 2.19 bits per heavy atom. The lowest BCUT2D eigenvalue weighted by Gasteiger charge is -2.24. The Hall–Kier alpha value is -2.64. The van der Waals surface area contributed by atoms with Gasteiger partial charge in [0.1, 0.15) is 6.54 Å². The number of benzene rings is 3. The fourth-order valence-electron chi connectivity index (χ4n) is 3.10. The summed E-state index contributed by atoms with van der Waals surface area (Å²) in [5, 5.41) is 2.80. The van der Waals surface area contributed by atoms with E-state index in [1.54, 1.807) is 42.5 Å². The van der Waals surface area contributed by atoms with Crippen LogP contribution in [0.1, 0.15) is 23.6 Å². The Morgan fingerprint density at radius 1 is 0.968 bits per heavy atom. The highest BCUT2D eigenvalue weighted by molar-refractivity contribution is 9.10. The van der Waals surface area contributed by atoms with Crippen LogP contribution in [0.5, 0.6) is 0 Å². The predicted molar refractivity (Wildman–Crippen MR) is 129 cm³/mol. The first-order valence-electron chi connectivity index (χ1n) is 9.95. The van der Waals surface area contributed by atoms with Crippen molar-refractivity contribution in [3.8, 4) is 0 Å². The van der Waals surface area contributed by atoms with Crippen LogP contribution >= 0.6 is 15.9 Å². The number of nitrogens with zero attached hydrogens (tertiary/aromatic N) is 1. The van der Waals surface area contributed by atoms with Gasteiger partial charge >= 0.3 is 0 Å². The van der Waals surface area contributed by atoms with Gasteiger partial charge in [0.25, 0.3) is 10.0 Å². The SMILES string of the molecule is CCc1ccc(N(CC(=O)Nc2ccc(Br)c(C)c2)S(=O)(=O)c2ccc(C)cc2)cc1. The minimum atomic E-state index is -3.93. The van der Waals surface area contributed by atoms with E-state index in [-0.39, 0.29) is 11.4 Å². The summed E-state index contributed by atoms with van der Waals surface area (Å²) in [5.74, 6) is -0.419. The average Bonchev–Trinajstić information content (AvgIpc) is 2.75. The van der Waals surface area contributed by atoms with E-state index in [0.717, 1.165) is 31.9 Å². The standard InChI is InChI=1S/C24H25BrN2O3S/c1-4-19-7-10-21(11-8-19)27(31(29,30)22-12-5-17(2)6-13-22)16-24(28)26-20-9-14-23(25)18(3)15-20/h5-15H,4,16H2,1-3H3,(H,26,28). The van der Waals surface area contributed by atoms with E-state index >= 15 is 0 Å². The van der Waals surface area contributed by atoms with Gasteiger partial charge in [0.2, 0.25) is 5.91 Å². The number of aryl methyl sites for hydroxylation is 3. The summed E-state index contributed by atoms with van der Waals surface area (Å²) in [6.45, 7) is 5.51. The van der Waals surface area contributed by atoms with Gasteiger partial charge in [0, 0.05) is 10.2 Å². The summed E-state index contributed by atoms with van der Waals surface area (Å²) in [6.07, 6.45) is 0.842. The Bertz CT molecular complexity index is 1170. The topological polar surface area (TPSA) is 66.5 Å². The molecule has 0 aliphatic carbocycles. The Balaban J connectivity index is 1.93. The van der Waals surface area contributed by atoms with Crippen molar-refractivity contribution < 1.29 is 13.2 Å². The molecule has 31 heavy (non-hydrogen) atoms. The van der Waals surface area contributed by atoms with E-state index in [1.165, 1.54) is 0 Å². The summed E-state index contributed by atoms with van der Waals surface area (Å²) in [4.78, 5) is 13.0. The summed E-state index contributed by atoms with van der Waals surface area (Å²) in [5.41, 5.74) is 4.07. The Morgan fingerprint density at radius 2 is 1.61 bits per heavy atom. The monoisotopic (exact) mass is 500 g/mol. The maximum atomic E-state index is 13.4. The highest BCUT2D eigenvalue weighted by Crippen LogP contribution is 2.25. The van der Waals surface area contributed by atoms with E-state index in [0.29, 0.717) is 11.4 Å². The number of amides is 1. The van der Waals surface area contributed by atoms with Gasteiger partial charge in [-0.2, -0.15) is 0 Å². The van der Waals surface area contributed by atoms with E-state index in [2.05, 4.69) is 21.2 Å². The second-order valence-corrected chi connectivity index (χ2v) is 10.1. The fourth-order valence-corrected chi connectivity index (χ4v) is 4.77. The van der Waals surface area contributed by atoms with Crippen molar-refractivity contribution in [3.63, 3.8) is 0 Å². The second-order valence-electron chi connectivity index (χ2n) is 7.36.